The predicted molar refractivity (Wildman–Crippen MR) is 57.7 cm³/mol. The Labute approximate surface area is 83.5 Å². The van der Waals surface area contributed by atoms with E-state index in [-0.39, 0.29) is 0 Å². The van der Waals surface area contributed by atoms with E-state index in [1.165, 1.54) is 0 Å². The summed E-state index contributed by atoms with van der Waals surface area (Å²) in [6, 6.07) is 0. The molecule has 1 aliphatic rings. The van der Waals surface area contributed by atoms with Crippen LogP contribution in [0.1, 0.15) is 19.8 Å². The van der Waals surface area contributed by atoms with Gasteiger partial charge < -0.3 is 5.73 Å². The van der Waals surface area contributed by atoms with Crippen LogP contribution in [0.2, 0.25) is 0 Å². The molecule has 0 aromatic heterocycles. The normalized spacial score (nSPS) is 18.8. The molecule has 2 nitrogen and oxygen atoms in total. The van der Waals surface area contributed by atoms with Gasteiger partial charge in [-0.2, -0.15) is 0 Å². The van der Waals surface area contributed by atoms with Crippen LogP contribution in [0.3, 0.4) is 0 Å². The van der Waals surface area contributed by atoms with Crippen LogP contribution in [-0.2, 0) is 0 Å². The number of nitrogens with two attached hydrogens (primary N) is 1. The number of halogens is 1. The van der Waals surface area contributed by atoms with Gasteiger partial charge in [-0.25, -0.2) is 0 Å². The van der Waals surface area contributed by atoms with Crippen molar-refractivity contribution in [2.75, 3.05) is 0 Å². The molecule has 0 heterocycles. The minimum absolute atomic E-state index is 0.721. The fourth-order valence-electron chi connectivity index (χ4n) is 1.09. The number of hydrogen-bond donors (Lipinski definition) is 1. The molecule has 2 N–H and O–H groups in total. The fraction of sp³-hybridized carbons (Fsp3) is 0.300. The molecule has 0 amide bonds. The minimum atomic E-state index is 0.721. The molecule has 0 saturated carbocycles. The molecule has 0 aromatic carbocycles. The Balaban J connectivity index is 2.73. The average Bonchev–Trinajstić information content (AvgIpc) is 2.15. The van der Waals surface area contributed by atoms with Crippen molar-refractivity contribution in [2.24, 2.45) is 10.7 Å². The lowest BCUT2D eigenvalue weighted by Gasteiger charge is -2.10. The van der Waals surface area contributed by atoms with Crippen LogP contribution in [0.15, 0.2) is 39.6 Å². The van der Waals surface area contributed by atoms with Gasteiger partial charge in [-0.1, -0.05) is 17.7 Å². The zero-order valence-corrected chi connectivity index (χ0v) is 8.38. The highest BCUT2D eigenvalue weighted by Crippen LogP contribution is 2.23. The second kappa shape index (κ2) is 4.87. The highest BCUT2D eigenvalue weighted by molar-refractivity contribution is 6.29. The predicted octanol–water partition coefficient (Wildman–Crippen LogP) is 2.72. The van der Waals surface area contributed by atoms with E-state index in [2.05, 4.69) is 4.99 Å². The molecule has 70 valence electrons. The molecule has 0 unspecified atom stereocenters. The topological polar surface area (TPSA) is 38.4 Å². The van der Waals surface area contributed by atoms with Gasteiger partial charge in [0, 0.05) is 17.4 Å². The fourth-order valence-corrected chi connectivity index (χ4v) is 1.25. The van der Waals surface area contributed by atoms with Crippen LogP contribution in [0.4, 0.5) is 0 Å². The summed E-state index contributed by atoms with van der Waals surface area (Å²) in [5.74, 6) is 0. The molecule has 0 saturated heterocycles. The van der Waals surface area contributed by atoms with Crippen LogP contribution in [-0.4, -0.2) is 6.21 Å². The lowest BCUT2D eigenvalue weighted by Crippen LogP contribution is -2.03. The van der Waals surface area contributed by atoms with Gasteiger partial charge in [0.1, 0.15) is 0 Å². The largest absolute Gasteiger partial charge is 0.397 e. The van der Waals surface area contributed by atoms with E-state index >= 15 is 0 Å². The Morgan fingerprint density at radius 3 is 2.85 bits per heavy atom. The molecule has 0 atom stereocenters. The first-order valence-corrected chi connectivity index (χ1v) is 4.61. The maximum absolute atomic E-state index is 5.82. The highest BCUT2D eigenvalue weighted by Gasteiger charge is 2.05. The standard InChI is InChI=1S/C10H13ClN2/c1-2-13-7-10(12)8-3-5-9(11)6-4-8/h2-3,5,7H,4,6,12H2,1H3/b10-7-,13-2-. The monoisotopic (exact) mass is 196 g/mol. The highest BCUT2D eigenvalue weighted by atomic mass is 35.5. The van der Waals surface area contributed by atoms with Crippen LogP contribution in [0.25, 0.3) is 0 Å². The molecule has 0 radical (unpaired) electrons. The van der Waals surface area contributed by atoms with Crippen molar-refractivity contribution >= 4 is 17.8 Å². The van der Waals surface area contributed by atoms with Crippen molar-refractivity contribution in [3.8, 4) is 0 Å². The Morgan fingerprint density at radius 2 is 2.31 bits per heavy atom. The van der Waals surface area contributed by atoms with Gasteiger partial charge in [0.15, 0.2) is 0 Å². The van der Waals surface area contributed by atoms with Gasteiger partial charge in [0.05, 0.1) is 5.70 Å². The molecule has 1 rings (SSSR count). The van der Waals surface area contributed by atoms with Gasteiger partial charge in [0.2, 0.25) is 0 Å². The summed E-state index contributed by atoms with van der Waals surface area (Å²) in [4.78, 5) is 3.96. The quantitative estimate of drug-likeness (QED) is 0.678. The summed E-state index contributed by atoms with van der Waals surface area (Å²) in [5, 5.41) is 0.885. The van der Waals surface area contributed by atoms with Gasteiger partial charge in [-0.05, 0) is 31.4 Å². The molecular weight excluding hydrogens is 184 g/mol. The first kappa shape index (κ1) is 10.1. The first-order valence-electron chi connectivity index (χ1n) is 4.23. The van der Waals surface area contributed by atoms with E-state index < -0.39 is 0 Å². The smallest absolute Gasteiger partial charge is 0.0532 e. The first-order chi connectivity index (χ1) is 6.24. The van der Waals surface area contributed by atoms with Crippen LogP contribution < -0.4 is 5.73 Å². The van der Waals surface area contributed by atoms with E-state index in [1.54, 1.807) is 12.4 Å². The van der Waals surface area contributed by atoms with Crippen LogP contribution in [0.5, 0.6) is 0 Å². The van der Waals surface area contributed by atoms with E-state index in [1.807, 2.05) is 19.1 Å². The summed E-state index contributed by atoms with van der Waals surface area (Å²) in [6.07, 6.45) is 8.98. The number of nitrogens with zero attached hydrogens (tertiary/aromatic N) is 1. The maximum Gasteiger partial charge on any atom is 0.0532 e. The summed E-state index contributed by atoms with van der Waals surface area (Å²) in [7, 11) is 0. The maximum atomic E-state index is 5.82. The molecule has 0 fully saturated rings. The summed E-state index contributed by atoms with van der Waals surface area (Å²) < 4.78 is 0. The SMILES string of the molecule is C/C=N\C=C(/N)C1=CC=C(Cl)CC1. The number of aliphatic imine (C=N–C) groups is 1. The molecule has 3 heteroatoms. The van der Waals surface area contributed by atoms with E-state index in [9.17, 15) is 0 Å². The van der Waals surface area contributed by atoms with Gasteiger partial charge in [-0.3, -0.25) is 4.99 Å². The lowest BCUT2D eigenvalue weighted by molar-refractivity contribution is 0.946. The van der Waals surface area contributed by atoms with E-state index in [4.69, 9.17) is 17.3 Å². The number of rotatable bonds is 2. The summed E-state index contributed by atoms with van der Waals surface area (Å²) in [5.41, 5.74) is 7.61. The van der Waals surface area contributed by atoms with Crippen molar-refractivity contribution in [1.82, 2.24) is 0 Å². The Morgan fingerprint density at radius 1 is 1.54 bits per heavy atom. The lowest BCUT2D eigenvalue weighted by atomic mass is 10.0. The van der Waals surface area contributed by atoms with Crippen molar-refractivity contribution in [3.05, 3.63) is 34.7 Å². The number of allylic oxidation sites excluding steroid dienone is 4. The second-order valence-electron chi connectivity index (χ2n) is 2.80. The summed E-state index contributed by atoms with van der Waals surface area (Å²) >= 11 is 5.82. The Bertz CT molecular complexity index is 298. The second-order valence-corrected chi connectivity index (χ2v) is 3.28. The zero-order valence-electron chi connectivity index (χ0n) is 7.63. The van der Waals surface area contributed by atoms with Crippen molar-refractivity contribution < 1.29 is 0 Å². The van der Waals surface area contributed by atoms with Crippen molar-refractivity contribution in [3.63, 3.8) is 0 Å². The molecule has 0 spiro atoms. The molecular formula is C10H13ClN2. The minimum Gasteiger partial charge on any atom is -0.397 e. The third-order valence-electron chi connectivity index (χ3n) is 1.83. The molecule has 0 bridgehead atoms. The Kier molecular flexibility index (Phi) is 3.77. The summed E-state index contributed by atoms with van der Waals surface area (Å²) in [6.45, 7) is 1.86. The van der Waals surface area contributed by atoms with E-state index in [0.717, 1.165) is 29.1 Å². The van der Waals surface area contributed by atoms with Gasteiger partial charge >= 0.3 is 0 Å². The van der Waals surface area contributed by atoms with Gasteiger partial charge in [-0.15, -0.1) is 0 Å². The van der Waals surface area contributed by atoms with Crippen LogP contribution >= 0.6 is 11.6 Å². The van der Waals surface area contributed by atoms with E-state index in [0.29, 0.717) is 0 Å². The molecule has 13 heavy (non-hydrogen) atoms. The molecule has 0 aromatic rings. The average molecular weight is 197 g/mol. The van der Waals surface area contributed by atoms with Gasteiger partial charge in [0.25, 0.3) is 0 Å². The van der Waals surface area contributed by atoms with Crippen molar-refractivity contribution in [2.45, 2.75) is 19.8 Å². The number of hydrogen-bond acceptors (Lipinski definition) is 2. The van der Waals surface area contributed by atoms with Crippen LogP contribution in [0, 0.1) is 0 Å². The molecule has 0 aliphatic heterocycles. The molecule has 1 aliphatic carbocycles. The Hall–Kier alpha value is -1.02. The third kappa shape index (κ3) is 3.07. The van der Waals surface area contributed by atoms with Crippen molar-refractivity contribution in [1.29, 1.82) is 0 Å². The zero-order chi connectivity index (χ0) is 9.68. The third-order valence-corrected chi connectivity index (χ3v) is 2.15.